The molecular weight excluding hydrogens is 277 g/mol. The van der Waals surface area contributed by atoms with Crippen LogP contribution in [0.4, 0.5) is 10.3 Å². The van der Waals surface area contributed by atoms with E-state index in [0.717, 1.165) is 15.1 Å². The molecule has 4 nitrogen and oxygen atoms in total. The van der Waals surface area contributed by atoms with Crippen LogP contribution in [0.3, 0.4) is 0 Å². The summed E-state index contributed by atoms with van der Waals surface area (Å²) in [7, 11) is 0. The fourth-order valence-electron chi connectivity index (χ4n) is 1.91. The highest BCUT2D eigenvalue weighted by atomic mass is 32.1. The third kappa shape index (κ3) is 2.18. The summed E-state index contributed by atoms with van der Waals surface area (Å²) in [5.41, 5.74) is 6.18. The van der Waals surface area contributed by atoms with Gasteiger partial charge in [-0.15, -0.1) is 11.3 Å². The molecule has 2 heterocycles. The third-order valence-corrected chi connectivity index (χ3v) is 3.81. The molecule has 0 spiro atoms. The number of ether oxygens (including phenoxy) is 1. The Balaban J connectivity index is 2.12. The number of nitrogen functional groups attached to an aromatic ring is 1. The van der Waals surface area contributed by atoms with Crippen molar-refractivity contribution in [2.75, 3.05) is 5.73 Å². The average Bonchev–Trinajstić information content (AvgIpc) is 2.75. The van der Waals surface area contributed by atoms with Gasteiger partial charge in [0.1, 0.15) is 4.83 Å². The standard InChI is InChI=1S/C14H12FN3OS/c1-7-4-3-5-10(11(7)15)19-12-9-6-8(2)20-13(9)18-14(16)17-12/h3-6H,1-2H3,(H2,16,17,18). The molecule has 0 saturated carbocycles. The van der Waals surface area contributed by atoms with Gasteiger partial charge < -0.3 is 10.5 Å². The maximum absolute atomic E-state index is 14.0. The zero-order valence-corrected chi connectivity index (χ0v) is 11.8. The lowest BCUT2D eigenvalue weighted by Gasteiger charge is -2.08. The Labute approximate surface area is 119 Å². The molecule has 0 amide bonds. The van der Waals surface area contributed by atoms with Crippen LogP contribution < -0.4 is 10.5 Å². The minimum Gasteiger partial charge on any atom is -0.435 e. The molecule has 0 atom stereocenters. The number of anilines is 1. The molecule has 1 aromatic carbocycles. The maximum atomic E-state index is 14.0. The predicted molar refractivity (Wildman–Crippen MR) is 77.8 cm³/mol. The number of halogens is 1. The molecule has 0 unspecified atom stereocenters. The monoisotopic (exact) mass is 289 g/mol. The summed E-state index contributed by atoms with van der Waals surface area (Å²) >= 11 is 1.49. The first-order valence-corrected chi connectivity index (χ1v) is 6.83. The zero-order valence-electron chi connectivity index (χ0n) is 11.0. The number of aromatic nitrogens is 2. The second-order valence-electron chi connectivity index (χ2n) is 4.45. The number of thiophene rings is 1. The van der Waals surface area contributed by atoms with Crippen molar-refractivity contribution in [1.29, 1.82) is 0 Å². The van der Waals surface area contributed by atoms with Crippen LogP contribution in [0.5, 0.6) is 11.6 Å². The highest BCUT2D eigenvalue weighted by Crippen LogP contribution is 2.34. The second kappa shape index (κ2) is 4.72. The zero-order chi connectivity index (χ0) is 14.3. The molecule has 20 heavy (non-hydrogen) atoms. The summed E-state index contributed by atoms with van der Waals surface area (Å²) < 4.78 is 19.6. The quantitative estimate of drug-likeness (QED) is 0.779. The first-order valence-electron chi connectivity index (χ1n) is 6.01. The van der Waals surface area contributed by atoms with Crippen LogP contribution in [0.25, 0.3) is 10.2 Å². The number of nitrogens with zero attached hydrogens (tertiary/aromatic N) is 2. The Bertz CT molecular complexity index is 800. The average molecular weight is 289 g/mol. The highest BCUT2D eigenvalue weighted by Gasteiger charge is 2.14. The molecule has 0 aliphatic rings. The predicted octanol–water partition coefficient (Wildman–Crippen LogP) is 3.82. The van der Waals surface area contributed by atoms with Crippen LogP contribution in [-0.4, -0.2) is 9.97 Å². The molecule has 2 N–H and O–H groups in total. The summed E-state index contributed by atoms with van der Waals surface area (Å²) in [6.45, 7) is 3.64. The van der Waals surface area contributed by atoms with Gasteiger partial charge in [0, 0.05) is 4.88 Å². The van der Waals surface area contributed by atoms with Crippen LogP contribution >= 0.6 is 11.3 Å². The van der Waals surface area contributed by atoms with Crippen molar-refractivity contribution in [2.24, 2.45) is 0 Å². The summed E-state index contributed by atoms with van der Waals surface area (Å²) in [5.74, 6) is 0.127. The number of rotatable bonds is 2. The first kappa shape index (κ1) is 12.8. The number of aryl methyl sites for hydroxylation is 2. The number of benzene rings is 1. The van der Waals surface area contributed by atoms with Gasteiger partial charge >= 0.3 is 0 Å². The smallest absolute Gasteiger partial charge is 0.233 e. The van der Waals surface area contributed by atoms with E-state index in [1.807, 2.05) is 13.0 Å². The highest BCUT2D eigenvalue weighted by molar-refractivity contribution is 7.18. The van der Waals surface area contributed by atoms with Crippen molar-refractivity contribution in [2.45, 2.75) is 13.8 Å². The van der Waals surface area contributed by atoms with Crippen molar-refractivity contribution in [3.8, 4) is 11.6 Å². The van der Waals surface area contributed by atoms with E-state index in [2.05, 4.69) is 9.97 Å². The molecular formula is C14H12FN3OS. The molecule has 0 aliphatic carbocycles. The normalized spacial score (nSPS) is 10.9. The molecule has 0 radical (unpaired) electrons. The van der Waals surface area contributed by atoms with E-state index in [4.69, 9.17) is 10.5 Å². The number of hydrogen-bond acceptors (Lipinski definition) is 5. The Kier molecular flexibility index (Phi) is 3.02. The van der Waals surface area contributed by atoms with Gasteiger partial charge in [-0.3, -0.25) is 0 Å². The van der Waals surface area contributed by atoms with Crippen molar-refractivity contribution in [3.63, 3.8) is 0 Å². The van der Waals surface area contributed by atoms with Gasteiger partial charge in [0.05, 0.1) is 5.39 Å². The molecule has 2 aromatic heterocycles. The number of fused-ring (bicyclic) bond motifs is 1. The Morgan fingerprint density at radius 1 is 1.25 bits per heavy atom. The van der Waals surface area contributed by atoms with E-state index in [1.165, 1.54) is 11.3 Å². The van der Waals surface area contributed by atoms with E-state index < -0.39 is 5.82 Å². The van der Waals surface area contributed by atoms with Crippen molar-refractivity contribution in [3.05, 3.63) is 40.5 Å². The SMILES string of the molecule is Cc1cc2c(Oc3cccc(C)c3F)nc(N)nc2s1. The van der Waals surface area contributed by atoms with E-state index in [9.17, 15) is 4.39 Å². The fraction of sp³-hybridized carbons (Fsp3) is 0.143. The molecule has 3 rings (SSSR count). The largest absolute Gasteiger partial charge is 0.435 e. The topological polar surface area (TPSA) is 61.0 Å². The first-order chi connectivity index (χ1) is 9.54. The van der Waals surface area contributed by atoms with Crippen molar-refractivity contribution < 1.29 is 9.13 Å². The van der Waals surface area contributed by atoms with Crippen LogP contribution in [0.15, 0.2) is 24.3 Å². The van der Waals surface area contributed by atoms with Gasteiger partial charge in [-0.2, -0.15) is 4.98 Å². The molecule has 102 valence electrons. The van der Waals surface area contributed by atoms with Crippen LogP contribution in [0, 0.1) is 19.7 Å². The maximum Gasteiger partial charge on any atom is 0.233 e. The summed E-state index contributed by atoms with van der Waals surface area (Å²) in [6, 6.07) is 6.88. The number of nitrogens with two attached hydrogens (primary N) is 1. The van der Waals surface area contributed by atoms with Gasteiger partial charge in [-0.05, 0) is 31.5 Å². The minimum atomic E-state index is -0.398. The van der Waals surface area contributed by atoms with Gasteiger partial charge in [0.15, 0.2) is 11.6 Å². The summed E-state index contributed by atoms with van der Waals surface area (Å²) in [4.78, 5) is 10.0. The lowest BCUT2D eigenvalue weighted by atomic mass is 10.2. The summed E-state index contributed by atoms with van der Waals surface area (Å²) in [5, 5.41) is 0.739. The number of hydrogen-bond donors (Lipinski definition) is 1. The fourth-order valence-corrected chi connectivity index (χ4v) is 2.79. The van der Waals surface area contributed by atoms with Gasteiger partial charge in [-0.1, -0.05) is 12.1 Å². The molecule has 3 aromatic rings. The van der Waals surface area contributed by atoms with Crippen LogP contribution in [0.2, 0.25) is 0 Å². The van der Waals surface area contributed by atoms with Crippen molar-refractivity contribution in [1.82, 2.24) is 9.97 Å². The van der Waals surface area contributed by atoms with E-state index in [0.29, 0.717) is 5.56 Å². The van der Waals surface area contributed by atoms with E-state index in [1.54, 1.807) is 25.1 Å². The minimum absolute atomic E-state index is 0.113. The molecule has 6 heteroatoms. The molecule has 0 saturated heterocycles. The van der Waals surface area contributed by atoms with Crippen molar-refractivity contribution >= 4 is 27.5 Å². The lowest BCUT2D eigenvalue weighted by Crippen LogP contribution is -1.98. The van der Waals surface area contributed by atoms with Crippen LogP contribution in [-0.2, 0) is 0 Å². The van der Waals surface area contributed by atoms with Crippen LogP contribution in [0.1, 0.15) is 10.4 Å². The van der Waals surface area contributed by atoms with Gasteiger partial charge in [0.2, 0.25) is 11.8 Å². The molecule has 0 fully saturated rings. The Morgan fingerprint density at radius 3 is 2.85 bits per heavy atom. The third-order valence-electron chi connectivity index (χ3n) is 2.86. The van der Waals surface area contributed by atoms with Gasteiger partial charge in [0.25, 0.3) is 0 Å². The van der Waals surface area contributed by atoms with E-state index >= 15 is 0 Å². The van der Waals surface area contributed by atoms with E-state index in [-0.39, 0.29) is 17.6 Å². The van der Waals surface area contributed by atoms with Gasteiger partial charge in [-0.25, -0.2) is 9.37 Å². The Morgan fingerprint density at radius 2 is 2.05 bits per heavy atom. The summed E-state index contributed by atoms with van der Waals surface area (Å²) in [6.07, 6.45) is 0. The molecule has 0 bridgehead atoms. The Hall–Kier alpha value is -2.21. The lowest BCUT2D eigenvalue weighted by molar-refractivity contribution is 0.430. The molecule has 0 aliphatic heterocycles. The second-order valence-corrected chi connectivity index (χ2v) is 5.69.